The van der Waals surface area contributed by atoms with Crippen molar-refractivity contribution in [3.63, 3.8) is 0 Å². The van der Waals surface area contributed by atoms with Gasteiger partial charge in [0.2, 0.25) is 0 Å². The molecule has 0 radical (unpaired) electrons. The van der Waals surface area contributed by atoms with Gasteiger partial charge in [0.25, 0.3) is 11.8 Å². The van der Waals surface area contributed by atoms with E-state index < -0.39 is 0 Å². The van der Waals surface area contributed by atoms with Crippen LogP contribution in [0.4, 0.5) is 5.69 Å². The van der Waals surface area contributed by atoms with Gasteiger partial charge in [0, 0.05) is 23.4 Å². The number of nitrogens with zero attached hydrogens (tertiary/aromatic N) is 3. The Labute approximate surface area is 169 Å². The molecule has 0 atom stereocenters. The van der Waals surface area contributed by atoms with E-state index in [0.29, 0.717) is 23.8 Å². The van der Waals surface area contributed by atoms with E-state index in [0.717, 1.165) is 17.7 Å². The largest absolute Gasteiger partial charge is 0.334 e. The highest BCUT2D eigenvalue weighted by Crippen LogP contribution is 2.21. The molecule has 0 aliphatic carbocycles. The molecule has 0 N–H and O–H groups in total. The smallest absolute Gasteiger partial charge is 0.258 e. The number of benzene rings is 3. The number of carbonyl (C=O) groups is 1. The summed E-state index contributed by atoms with van der Waals surface area (Å²) in [6.07, 6.45) is 0.779. The van der Waals surface area contributed by atoms with Gasteiger partial charge in [-0.3, -0.25) is 4.79 Å². The van der Waals surface area contributed by atoms with Gasteiger partial charge in [-0.15, -0.1) is 0 Å². The van der Waals surface area contributed by atoms with Crippen LogP contribution < -0.4 is 4.90 Å². The average molecular weight is 383 g/mol. The normalized spacial score (nSPS) is 10.7. The van der Waals surface area contributed by atoms with Crippen molar-refractivity contribution in [2.45, 2.75) is 13.3 Å². The first-order chi connectivity index (χ1) is 14.2. The van der Waals surface area contributed by atoms with Crippen molar-refractivity contribution in [3.05, 3.63) is 102 Å². The molecule has 5 heteroatoms. The van der Waals surface area contributed by atoms with Crippen LogP contribution in [0, 0.1) is 6.92 Å². The Bertz CT molecular complexity index is 1070. The van der Waals surface area contributed by atoms with E-state index in [4.69, 9.17) is 4.52 Å². The molecular formula is C24H21N3O2. The minimum Gasteiger partial charge on any atom is -0.334 e. The number of rotatable bonds is 6. The number of hydrogen-bond acceptors (Lipinski definition) is 4. The fourth-order valence-corrected chi connectivity index (χ4v) is 3.17. The number of para-hydroxylation sites is 1. The van der Waals surface area contributed by atoms with Crippen molar-refractivity contribution in [2.24, 2.45) is 0 Å². The number of amides is 1. The lowest BCUT2D eigenvalue weighted by Crippen LogP contribution is -2.32. The molecule has 1 aromatic heterocycles. The third-order valence-electron chi connectivity index (χ3n) is 4.69. The molecule has 4 aromatic rings. The monoisotopic (exact) mass is 383 g/mol. The first-order valence-corrected chi connectivity index (χ1v) is 9.52. The molecule has 0 saturated carbocycles. The summed E-state index contributed by atoms with van der Waals surface area (Å²) in [5.74, 6) is 0.988. The van der Waals surface area contributed by atoms with Gasteiger partial charge in [-0.2, -0.15) is 4.98 Å². The van der Waals surface area contributed by atoms with Crippen LogP contribution in [0.1, 0.15) is 21.7 Å². The summed E-state index contributed by atoms with van der Waals surface area (Å²) < 4.78 is 5.20. The molecule has 0 fully saturated rings. The first-order valence-electron chi connectivity index (χ1n) is 9.52. The fourth-order valence-electron chi connectivity index (χ4n) is 3.17. The highest BCUT2D eigenvalue weighted by molar-refractivity contribution is 6.06. The van der Waals surface area contributed by atoms with Gasteiger partial charge in [-0.1, -0.05) is 53.7 Å². The van der Waals surface area contributed by atoms with Gasteiger partial charge in [0.1, 0.15) is 0 Å². The third-order valence-corrected chi connectivity index (χ3v) is 4.69. The van der Waals surface area contributed by atoms with Gasteiger partial charge >= 0.3 is 0 Å². The van der Waals surface area contributed by atoms with Crippen molar-refractivity contribution < 1.29 is 9.32 Å². The lowest BCUT2D eigenvalue weighted by Gasteiger charge is -2.23. The molecule has 0 aliphatic heterocycles. The van der Waals surface area contributed by atoms with E-state index >= 15 is 0 Å². The number of aromatic nitrogens is 2. The molecular weight excluding hydrogens is 362 g/mol. The highest BCUT2D eigenvalue weighted by Gasteiger charge is 2.18. The Morgan fingerprint density at radius 1 is 0.897 bits per heavy atom. The molecule has 3 aromatic carbocycles. The zero-order chi connectivity index (χ0) is 20.1. The average Bonchev–Trinajstić information content (AvgIpc) is 3.22. The minimum atomic E-state index is -0.0413. The number of aryl methyl sites for hydroxylation is 1. The first kappa shape index (κ1) is 18.6. The second-order valence-corrected chi connectivity index (χ2v) is 6.75. The lowest BCUT2D eigenvalue weighted by atomic mass is 10.1. The van der Waals surface area contributed by atoms with E-state index in [1.54, 1.807) is 19.1 Å². The quantitative estimate of drug-likeness (QED) is 0.473. The van der Waals surface area contributed by atoms with E-state index in [1.807, 2.05) is 65.6 Å². The molecule has 0 unspecified atom stereocenters. The Balaban J connectivity index is 1.57. The highest BCUT2D eigenvalue weighted by atomic mass is 16.5. The summed E-state index contributed by atoms with van der Waals surface area (Å²) in [6.45, 7) is 2.37. The Morgan fingerprint density at radius 3 is 2.17 bits per heavy atom. The van der Waals surface area contributed by atoms with Crippen molar-refractivity contribution in [1.82, 2.24) is 10.1 Å². The number of anilines is 1. The van der Waals surface area contributed by atoms with Crippen LogP contribution in [0.3, 0.4) is 0 Å². The Kier molecular flexibility index (Phi) is 5.47. The van der Waals surface area contributed by atoms with E-state index in [2.05, 4.69) is 22.3 Å². The summed E-state index contributed by atoms with van der Waals surface area (Å²) >= 11 is 0. The molecule has 0 saturated heterocycles. The Hall–Kier alpha value is -3.73. The van der Waals surface area contributed by atoms with Crippen molar-refractivity contribution in [3.8, 4) is 11.5 Å². The van der Waals surface area contributed by atoms with Gasteiger partial charge in [-0.25, -0.2) is 0 Å². The SMILES string of the molecule is Cc1noc(-c2ccc(C(=O)N(CCc3ccccc3)c3ccccc3)cc2)n1. The molecule has 4 rings (SSSR count). The molecule has 29 heavy (non-hydrogen) atoms. The van der Waals surface area contributed by atoms with Gasteiger partial charge in [-0.05, 0) is 55.3 Å². The summed E-state index contributed by atoms with van der Waals surface area (Å²) in [7, 11) is 0. The van der Waals surface area contributed by atoms with Gasteiger partial charge in [0.15, 0.2) is 5.82 Å². The second-order valence-electron chi connectivity index (χ2n) is 6.75. The van der Waals surface area contributed by atoms with Crippen molar-refractivity contribution in [2.75, 3.05) is 11.4 Å². The topological polar surface area (TPSA) is 59.2 Å². The molecule has 1 amide bonds. The summed E-state index contributed by atoms with van der Waals surface area (Å²) in [5, 5.41) is 3.81. The van der Waals surface area contributed by atoms with Crippen LogP contribution in [0.15, 0.2) is 89.5 Å². The van der Waals surface area contributed by atoms with Crippen LogP contribution >= 0.6 is 0 Å². The number of hydrogen-bond donors (Lipinski definition) is 0. The predicted octanol–water partition coefficient (Wildman–Crippen LogP) is 4.93. The maximum atomic E-state index is 13.3. The molecule has 5 nitrogen and oxygen atoms in total. The standard InChI is InChI=1S/C24H21N3O2/c1-18-25-23(29-26-18)20-12-14-21(15-13-20)24(28)27(22-10-6-3-7-11-22)17-16-19-8-4-2-5-9-19/h2-15H,16-17H2,1H3. The fraction of sp³-hybridized carbons (Fsp3) is 0.125. The number of carbonyl (C=O) groups excluding carboxylic acids is 1. The predicted molar refractivity (Wildman–Crippen MR) is 113 cm³/mol. The van der Waals surface area contributed by atoms with Crippen LogP contribution in [0.25, 0.3) is 11.5 Å². The maximum absolute atomic E-state index is 13.3. The van der Waals surface area contributed by atoms with Crippen molar-refractivity contribution >= 4 is 11.6 Å². The van der Waals surface area contributed by atoms with Gasteiger partial charge in [0.05, 0.1) is 0 Å². The van der Waals surface area contributed by atoms with E-state index in [1.165, 1.54) is 5.56 Å². The van der Waals surface area contributed by atoms with E-state index in [-0.39, 0.29) is 5.91 Å². The minimum absolute atomic E-state index is 0.0413. The Morgan fingerprint density at radius 2 is 1.55 bits per heavy atom. The third kappa shape index (κ3) is 4.41. The van der Waals surface area contributed by atoms with Crippen LogP contribution in [-0.4, -0.2) is 22.6 Å². The van der Waals surface area contributed by atoms with Crippen LogP contribution in [-0.2, 0) is 6.42 Å². The van der Waals surface area contributed by atoms with E-state index in [9.17, 15) is 4.79 Å². The van der Waals surface area contributed by atoms with Crippen LogP contribution in [0.2, 0.25) is 0 Å². The van der Waals surface area contributed by atoms with Crippen LogP contribution in [0.5, 0.6) is 0 Å². The zero-order valence-corrected chi connectivity index (χ0v) is 16.2. The lowest BCUT2D eigenvalue weighted by molar-refractivity contribution is 0.0987. The molecule has 1 heterocycles. The molecule has 0 bridgehead atoms. The molecule has 0 aliphatic rings. The zero-order valence-electron chi connectivity index (χ0n) is 16.2. The van der Waals surface area contributed by atoms with Gasteiger partial charge < -0.3 is 9.42 Å². The summed E-state index contributed by atoms with van der Waals surface area (Å²) in [5.41, 5.74) is 3.48. The van der Waals surface area contributed by atoms with Crippen molar-refractivity contribution in [1.29, 1.82) is 0 Å². The second kappa shape index (κ2) is 8.52. The summed E-state index contributed by atoms with van der Waals surface area (Å²) in [6, 6.07) is 27.2. The molecule has 144 valence electrons. The maximum Gasteiger partial charge on any atom is 0.258 e. The molecule has 0 spiro atoms. The summed E-state index contributed by atoms with van der Waals surface area (Å²) in [4.78, 5) is 19.3.